The molecule has 0 bridgehead atoms. The molecule has 84 valence electrons. The van der Waals surface area contributed by atoms with E-state index in [0.717, 1.165) is 11.6 Å². The van der Waals surface area contributed by atoms with Gasteiger partial charge in [-0.3, -0.25) is 0 Å². The van der Waals surface area contributed by atoms with E-state index in [9.17, 15) is 0 Å². The van der Waals surface area contributed by atoms with Crippen LogP contribution < -0.4 is 0 Å². The largest absolute Gasteiger partial charge is 0.398 e. The Kier molecular flexibility index (Phi) is 7.09. The predicted octanol–water partition coefficient (Wildman–Crippen LogP) is 2.33. The van der Waals surface area contributed by atoms with E-state index >= 15 is 0 Å². The summed E-state index contributed by atoms with van der Waals surface area (Å²) in [6.07, 6.45) is 0. The smallest absolute Gasteiger partial charge is 0.336 e. The quantitative estimate of drug-likeness (QED) is 0.355. The molecule has 1 unspecified atom stereocenters. The first kappa shape index (κ1) is 13.8. The van der Waals surface area contributed by atoms with Gasteiger partial charge in [-0.2, -0.15) is 0 Å². The summed E-state index contributed by atoms with van der Waals surface area (Å²) in [5, 5.41) is 0. The summed E-state index contributed by atoms with van der Waals surface area (Å²) in [5.41, 5.74) is 1.04. The summed E-state index contributed by atoms with van der Waals surface area (Å²) in [6, 6.07) is 0.866. The van der Waals surface area contributed by atoms with Gasteiger partial charge in [-0.1, -0.05) is 12.2 Å². The second-order valence-corrected chi connectivity index (χ2v) is 7.00. The molecule has 0 aromatic carbocycles. The summed E-state index contributed by atoms with van der Waals surface area (Å²) in [4.78, 5) is 0. The Morgan fingerprint density at radius 1 is 1.43 bits per heavy atom. The Hall–Kier alpha value is -0.163. The van der Waals surface area contributed by atoms with Crippen LogP contribution in [0.1, 0.15) is 13.8 Å². The van der Waals surface area contributed by atoms with Gasteiger partial charge in [0.2, 0.25) is 0 Å². The molecule has 0 radical (unpaired) electrons. The van der Waals surface area contributed by atoms with Crippen molar-refractivity contribution in [2.75, 3.05) is 26.9 Å². The molecule has 0 amide bonds. The van der Waals surface area contributed by atoms with Gasteiger partial charge >= 0.3 is 8.56 Å². The van der Waals surface area contributed by atoms with Crippen LogP contribution in [0.3, 0.4) is 0 Å². The Bertz CT molecular complexity index is 173. The van der Waals surface area contributed by atoms with Crippen molar-refractivity contribution in [1.82, 2.24) is 0 Å². The molecule has 1 atom stereocenters. The highest BCUT2D eigenvalue weighted by Crippen LogP contribution is 2.12. The van der Waals surface area contributed by atoms with Crippen molar-refractivity contribution in [3.8, 4) is 0 Å². The maximum atomic E-state index is 5.60. The monoisotopic (exact) mass is 218 g/mol. The van der Waals surface area contributed by atoms with Crippen LogP contribution >= 0.6 is 0 Å². The van der Waals surface area contributed by atoms with Gasteiger partial charge in [-0.25, -0.2) is 0 Å². The van der Waals surface area contributed by atoms with Crippen molar-refractivity contribution < 1.29 is 13.6 Å². The Morgan fingerprint density at radius 3 is 2.50 bits per heavy atom. The SMILES string of the molecule is C=C(C)COCC[Si](C)(OC)OCC. The molecular formula is C10H22O3Si. The van der Waals surface area contributed by atoms with E-state index in [4.69, 9.17) is 13.6 Å². The van der Waals surface area contributed by atoms with Gasteiger partial charge < -0.3 is 13.6 Å². The highest BCUT2D eigenvalue weighted by atomic mass is 28.4. The van der Waals surface area contributed by atoms with Crippen LogP contribution in [0.5, 0.6) is 0 Å². The van der Waals surface area contributed by atoms with Gasteiger partial charge in [-0.15, -0.1) is 0 Å². The molecule has 3 nitrogen and oxygen atoms in total. The highest BCUT2D eigenvalue weighted by molar-refractivity contribution is 6.66. The molecule has 0 heterocycles. The minimum absolute atomic E-state index is 0.625. The Balaban J connectivity index is 3.66. The van der Waals surface area contributed by atoms with E-state index < -0.39 is 8.56 Å². The van der Waals surface area contributed by atoms with E-state index in [1.807, 2.05) is 13.8 Å². The van der Waals surface area contributed by atoms with Crippen LogP contribution in [-0.4, -0.2) is 35.5 Å². The number of hydrogen-bond donors (Lipinski definition) is 0. The molecule has 4 heteroatoms. The number of hydrogen-bond acceptors (Lipinski definition) is 3. The minimum atomic E-state index is -1.95. The molecule has 0 aliphatic rings. The Labute approximate surface area is 88.3 Å². The number of ether oxygens (including phenoxy) is 1. The first-order valence-electron chi connectivity index (χ1n) is 4.95. The fraction of sp³-hybridized carbons (Fsp3) is 0.800. The van der Waals surface area contributed by atoms with Crippen LogP contribution in [0.15, 0.2) is 12.2 Å². The average molecular weight is 218 g/mol. The lowest BCUT2D eigenvalue weighted by molar-refractivity contribution is 0.150. The van der Waals surface area contributed by atoms with Crippen LogP contribution in [0.25, 0.3) is 0 Å². The van der Waals surface area contributed by atoms with Gasteiger partial charge in [0, 0.05) is 26.4 Å². The zero-order valence-electron chi connectivity index (χ0n) is 9.76. The van der Waals surface area contributed by atoms with Crippen molar-refractivity contribution >= 4 is 8.56 Å². The normalized spacial score (nSPS) is 15.1. The number of rotatable bonds is 8. The maximum Gasteiger partial charge on any atom is 0.336 e. The van der Waals surface area contributed by atoms with Crippen molar-refractivity contribution in [1.29, 1.82) is 0 Å². The summed E-state index contributed by atoms with van der Waals surface area (Å²) in [6.45, 7) is 11.8. The van der Waals surface area contributed by atoms with Crippen LogP contribution in [0, 0.1) is 0 Å². The van der Waals surface area contributed by atoms with Crippen molar-refractivity contribution in [2.24, 2.45) is 0 Å². The summed E-state index contributed by atoms with van der Waals surface area (Å²) < 4.78 is 16.4. The molecule has 0 rings (SSSR count). The van der Waals surface area contributed by atoms with Crippen molar-refractivity contribution in [3.05, 3.63) is 12.2 Å². The van der Waals surface area contributed by atoms with Gasteiger partial charge in [0.25, 0.3) is 0 Å². The first-order chi connectivity index (χ1) is 6.54. The molecular weight excluding hydrogens is 196 g/mol. The van der Waals surface area contributed by atoms with Gasteiger partial charge in [0.1, 0.15) is 0 Å². The zero-order chi connectivity index (χ0) is 11.0. The minimum Gasteiger partial charge on any atom is -0.398 e. The van der Waals surface area contributed by atoms with Crippen molar-refractivity contribution in [2.45, 2.75) is 26.4 Å². The average Bonchev–Trinajstić information content (AvgIpc) is 2.13. The third-order valence-electron chi connectivity index (χ3n) is 1.93. The van der Waals surface area contributed by atoms with Gasteiger partial charge in [0.15, 0.2) is 0 Å². The topological polar surface area (TPSA) is 27.7 Å². The summed E-state index contributed by atoms with van der Waals surface area (Å²) in [5.74, 6) is 0. The summed E-state index contributed by atoms with van der Waals surface area (Å²) >= 11 is 0. The van der Waals surface area contributed by atoms with E-state index in [2.05, 4.69) is 13.1 Å². The lowest BCUT2D eigenvalue weighted by Gasteiger charge is -2.24. The molecule has 0 aliphatic heterocycles. The first-order valence-corrected chi connectivity index (χ1v) is 7.47. The standard InChI is InChI=1S/C10H22O3Si/c1-6-13-14(5,11-4)8-7-12-9-10(2)3/h2,6-9H2,1,3-5H3. The molecule has 0 saturated carbocycles. The van der Waals surface area contributed by atoms with Crippen LogP contribution in [-0.2, 0) is 13.6 Å². The van der Waals surface area contributed by atoms with Crippen LogP contribution in [0.2, 0.25) is 12.6 Å². The zero-order valence-corrected chi connectivity index (χ0v) is 10.8. The fourth-order valence-electron chi connectivity index (χ4n) is 1.04. The second-order valence-electron chi connectivity index (χ2n) is 3.53. The maximum absolute atomic E-state index is 5.60. The molecule has 0 N–H and O–H groups in total. The molecule has 0 fully saturated rings. The van der Waals surface area contributed by atoms with E-state index in [-0.39, 0.29) is 0 Å². The predicted molar refractivity (Wildman–Crippen MR) is 60.7 cm³/mol. The summed E-state index contributed by atoms with van der Waals surface area (Å²) in [7, 11) is -0.241. The highest BCUT2D eigenvalue weighted by Gasteiger charge is 2.29. The Morgan fingerprint density at radius 2 is 2.07 bits per heavy atom. The third-order valence-corrected chi connectivity index (χ3v) is 4.81. The molecule has 0 spiro atoms. The van der Waals surface area contributed by atoms with E-state index in [0.29, 0.717) is 19.8 Å². The lowest BCUT2D eigenvalue weighted by Crippen LogP contribution is -2.38. The molecule has 14 heavy (non-hydrogen) atoms. The molecule has 0 aromatic heterocycles. The van der Waals surface area contributed by atoms with Crippen molar-refractivity contribution in [3.63, 3.8) is 0 Å². The molecule has 0 aromatic rings. The fourth-order valence-corrected chi connectivity index (χ4v) is 2.63. The molecule has 0 aliphatic carbocycles. The van der Waals surface area contributed by atoms with E-state index in [1.54, 1.807) is 7.11 Å². The van der Waals surface area contributed by atoms with E-state index in [1.165, 1.54) is 0 Å². The van der Waals surface area contributed by atoms with Gasteiger partial charge in [-0.05, 0) is 20.4 Å². The lowest BCUT2D eigenvalue weighted by atomic mass is 10.4. The third kappa shape index (κ3) is 6.31. The van der Waals surface area contributed by atoms with Gasteiger partial charge in [0.05, 0.1) is 6.61 Å². The van der Waals surface area contributed by atoms with Crippen LogP contribution in [0.4, 0.5) is 0 Å². The molecule has 0 saturated heterocycles. The second kappa shape index (κ2) is 7.17.